The van der Waals surface area contributed by atoms with E-state index in [9.17, 15) is 9.90 Å². The minimum Gasteiger partial charge on any atom is -0.503 e. The lowest BCUT2D eigenvalue weighted by Crippen LogP contribution is -2.35. The number of phenolic OH excluding ortho intramolecular Hbond substituents is 1. The van der Waals surface area contributed by atoms with Gasteiger partial charge in [-0.3, -0.25) is 9.69 Å². The third kappa shape index (κ3) is 3.14. The molecule has 1 saturated heterocycles. The molecule has 4 nitrogen and oxygen atoms in total. The van der Waals surface area contributed by atoms with E-state index in [4.69, 9.17) is 16.3 Å². The minimum absolute atomic E-state index is 0.0820. The fourth-order valence-corrected chi connectivity index (χ4v) is 2.48. The monoisotopic (exact) mass is 295 g/mol. The molecule has 0 atom stereocenters. The summed E-state index contributed by atoms with van der Waals surface area (Å²) in [6, 6.07) is 3.30. The normalized spacial score (nSPS) is 18.6. The molecule has 0 amide bonds. The lowest BCUT2D eigenvalue weighted by atomic mass is 10.00. The molecule has 0 aliphatic carbocycles. The van der Waals surface area contributed by atoms with Crippen LogP contribution in [0.5, 0.6) is 11.5 Å². The highest BCUT2D eigenvalue weighted by Crippen LogP contribution is 2.35. The Morgan fingerprint density at radius 3 is 2.90 bits per heavy atom. The molecule has 1 aromatic rings. The second-order valence-electron chi connectivity index (χ2n) is 4.77. The molecule has 1 aliphatic rings. The number of ether oxygens (including phenoxy) is 1. The molecule has 0 spiro atoms. The third-order valence-corrected chi connectivity index (χ3v) is 3.75. The molecule has 1 fully saturated rings. The van der Waals surface area contributed by atoms with Crippen molar-refractivity contribution < 1.29 is 14.6 Å². The van der Waals surface area contributed by atoms with Crippen molar-refractivity contribution in [2.45, 2.75) is 13.3 Å². The summed E-state index contributed by atoms with van der Waals surface area (Å²) >= 11 is 5.95. The molecular weight excluding hydrogens is 278 g/mol. The van der Waals surface area contributed by atoms with Crippen LogP contribution in [0.25, 0.3) is 6.08 Å². The summed E-state index contributed by atoms with van der Waals surface area (Å²) in [6.07, 6.45) is 2.36. The van der Waals surface area contributed by atoms with Crippen LogP contribution in [0.4, 0.5) is 0 Å². The molecular formula is C15H18ClNO3. The van der Waals surface area contributed by atoms with Crippen molar-refractivity contribution in [3.8, 4) is 11.5 Å². The van der Waals surface area contributed by atoms with E-state index in [0.717, 1.165) is 24.2 Å². The number of rotatable bonds is 3. The maximum absolute atomic E-state index is 12.0. The Bertz CT molecular complexity index is 554. The van der Waals surface area contributed by atoms with Gasteiger partial charge in [0.1, 0.15) is 0 Å². The number of carbonyl (C=O) groups is 1. The van der Waals surface area contributed by atoms with E-state index in [1.807, 2.05) is 6.08 Å². The number of halogens is 1. The average Bonchev–Trinajstić information content (AvgIpc) is 2.45. The Balaban J connectivity index is 2.33. The van der Waals surface area contributed by atoms with Gasteiger partial charge in [0, 0.05) is 25.1 Å². The number of ketones is 1. The highest BCUT2D eigenvalue weighted by molar-refractivity contribution is 6.32. The number of likely N-dealkylation sites (tertiary alicyclic amines) is 1. The Morgan fingerprint density at radius 1 is 1.50 bits per heavy atom. The second kappa shape index (κ2) is 6.29. The number of hydrogen-bond donors (Lipinski definition) is 1. The SMILES string of the molecule is CCN1CCC(=O)/C(=C/c2cc(Cl)c(O)c(OC)c2)C1. The van der Waals surface area contributed by atoms with E-state index in [0.29, 0.717) is 18.7 Å². The first-order valence-electron chi connectivity index (χ1n) is 6.57. The van der Waals surface area contributed by atoms with Crippen LogP contribution >= 0.6 is 11.6 Å². The van der Waals surface area contributed by atoms with E-state index < -0.39 is 0 Å². The van der Waals surface area contributed by atoms with Gasteiger partial charge in [-0.15, -0.1) is 0 Å². The summed E-state index contributed by atoms with van der Waals surface area (Å²) in [7, 11) is 1.47. The summed E-state index contributed by atoms with van der Waals surface area (Å²) in [6.45, 7) is 4.46. The van der Waals surface area contributed by atoms with Gasteiger partial charge in [0.05, 0.1) is 12.1 Å². The number of hydrogen-bond acceptors (Lipinski definition) is 4. The lowest BCUT2D eigenvalue weighted by molar-refractivity contribution is -0.117. The zero-order chi connectivity index (χ0) is 14.7. The molecule has 1 aromatic carbocycles. The summed E-state index contributed by atoms with van der Waals surface area (Å²) in [5.41, 5.74) is 1.52. The number of carbonyl (C=O) groups excluding carboxylic acids is 1. The first-order valence-corrected chi connectivity index (χ1v) is 6.95. The van der Waals surface area contributed by atoms with E-state index >= 15 is 0 Å². The average molecular weight is 296 g/mol. The van der Waals surface area contributed by atoms with Crippen molar-refractivity contribution in [1.29, 1.82) is 0 Å². The number of benzene rings is 1. The fraction of sp³-hybridized carbons (Fsp3) is 0.400. The molecule has 1 N–H and O–H groups in total. The van der Waals surface area contributed by atoms with Gasteiger partial charge in [-0.1, -0.05) is 18.5 Å². The first kappa shape index (κ1) is 14.9. The van der Waals surface area contributed by atoms with E-state index in [1.165, 1.54) is 7.11 Å². The van der Waals surface area contributed by atoms with Crippen molar-refractivity contribution in [3.63, 3.8) is 0 Å². The van der Waals surface area contributed by atoms with Crippen LogP contribution in [-0.2, 0) is 4.79 Å². The maximum atomic E-state index is 12.0. The van der Waals surface area contributed by atoms with E-state index in [-0.39, 0.29) is 16.6 Å². The van der Waals surface area contributed by atoms with Crippen LogP contribution in [0.2, 0.25) is 5.02 Å². The van der Waals surface area contributed by atoms with Crippen LogP contribution in [0.3, 0.4) is 0 Å². The van der Waals surface area contributed by atoms with Gasteiger partial charge in [0.15, 0.2) is 17.3 Å². The van der Waals surface area contributed by atoms with E-state index in [2.05, 4.69) is 11.8 Å². The Kier molecular flexibility index (Phi) is 4.68. The first-order chi connectivity index (χ1) is 9.55. The number of phenols is 1. The van der Waals surface area contributed by atoms with Crippen LogP contribution in [0.15, 0.2) is 17.7 Å². The predicted molar refractivity (Wildman–Crippen MR) is 79.4 cm³/mol. The number of nitrogens with zero attached hydrogens (tertiary/aromatic N) is 1. The smallest absolute Gasteiger partial charge is 0.176 e. The standard InChI is InChI=1S/C15H18ClNO3/c1-3-17-5-4-13(18)11(9-17)6-10-7-12(16)15(19)14(8-10)20-2/h6-8,19H,3-5,9H2,1-2H3/b11-6+. The quantitative estimate of drug-likeness (QED) is 0.871. The molecule has 5 heteroatoms. The number of Topliss-reactive ketones (excluding diaryl/α,β-unsaturated/α-hetero) is 1. The molecule has 108 valence electrons. The molecule has 0 radical (unpaired) electrons. The lowest BCUT2D eigenvalue weighted by Gasteiger charge is -2.26. The number of piperidine rings is 1. The molecule has 1 heterocycles. The van der Waals surface area contributed by atoms with Gasteiger partial charge in [0.25, 0.3) is 0 Å². The topological polar surface area (TPSA) is 49.8 Å². The summed E-state index contributed by atoms with van der Waals surface area (Å²) in [5.74, 6) is 0.388. The van der Waals surface area contributed by atoms with Crippen LogP contribution in [-0.4, -0.2) is 42.5 Å². The predicted octanol–water partition coefficient (Wildman–Crippen LogP) is 2.73. The Morgan fingerprint density at radius 2 is 2.25 bits per heavy atom. The Labute approximate surface area is 123 Å². The van der Waals surface area contributed by atoms with Crippen LogP contribution in [0, 0.1) is 0 Å². The molecule has 2 rings (SSSR count). The summed E-state index contributed by atoms with van der Waals surface area (Å²) in [4.78, 5) is 14.2. The van der Waals surface area contributed by atoms with Crippen molar-refractivity contribution in [3.05, 3.63) is 28.3 Å². The second-order valence-corrected chi connectivity index (χ2v) is 5.17. The molecule has 0 saturated carbocycles. The van der Waals surface area contributed by atoms with Crippen LogP contribution < -0.4 is 4.74 Å². The third-order valence-electron chi connectivity index (χ3n) is 3.47. The highest BCUT2D eigenvalue weighted by Gasteiger charge is 2.20. The van der Waals surface area contributed by atoms with Crippen molar-refractivity contribution >= 4 is 23.5 Å². The van der Waals surface area contributed by atoms with Gasteiger partial charge < -0.3 is 9.84 Å². The summed E-state index contributed by atoms with van der Waals surface area (Å²) < 4.78 is 5.07. The minimum atomic E-state index is -0.0820. The van der Waals surface area contributed by atoms with Crippen LogP contribution in [0.1, 0.15) is 18.9 Å². The molecule has 0 aromatic heterocycles. The van der Waals surface area contributed by atoms with Crippen molar-refractivity contribution in [2.24, 2.45) is 0 Å². The van der Waals surface area contributed by atoms with Crippen molar-refractivity contribution in [2.75, 3.05) is 26.7 Å². The zero-order valence-corrected chi connectivity index (χ0v) is 12.4. The number of methoxy groups -OCH3 is 1. The zero-order valence-electron chi connectivity index (χ0n) is 11.6. The van der Waals surface area contributed by atoms with Gasteiger partial charge in [-0.25, -0.2) is 0 Å². The van der Waals surface area contributed by atoms with Gasteiger partial charge in [0.2, 0.25) is 0 Å². The van der Waals surface area contributed by atoms with E-state index in [1.54, 1.807) is 12.1 Å². The Hall–Kier alpha value is -1.52. The molecule has 0 bridgehead atoms. The number of aromatic hydroxyl groups is 1. The number of likely N-dealkylation sites (N-methyl/N-ethyl adjacent to an activating group) is 1. The fourth-order valence-electron chi connectivity index (χ4n) is 2.26. The van der Waals surface area contributed by atoms with Crippen molar-refractivity contribution in [1.82, 2.24) is 4.90 Å². The summed E-state index contributed by atoms with van der Waals surface area (Å²) in [5, 5.41) is 9.92. The largest absolute Gasteiger partial charge is 0.503 e. The van der Waals surface area contributed by atoms with Gasteiger partial charge in [-0.05, 0) is 30.3 Å². The van der Waals surface area contributed by atoms with Gasteiger partial charge in [-0.2, -0.15) is 0 Å². The maximum Gasteiger partial charge on any atom is 0.176 e. The molecule has 1 aliphatic heterocycles. The molecule has 0 unspecified atom stereocenters. The van der Waals surface area contributed by atoms with Gasteiger partial charge >= 0.3 is 0 Å². The highest BCUT2D eigenvalue weighted by atomic mass is 35.5. The molecule has 20 heavy (non-hydrogen) atoms.